The van der Waals surface area contributed by atoms with Crippen LogP contribution >= 0.6 is 0 Å². The van der Waals surface area contributed by atoms with Crippen LogP contribution in [-0.2, 0) is 12.0 Å². The Balaban J connectivity index is 2.72. The molecule has 0 bridgehead atoms. The summed E-state index contributed by atoms with van der Waals surface area (Å²) in [6.45, 7) is 7.06. The lowest BCUT2D eigenvalue weighted by Crippen LogP contribution is -2.19. The van der Waals surface area contributed by atoms with Crippen molar-refractivity contribution in [3.63, 3.8) is 0 Å². The molecule has 0 atom stereocenters. The largest absolute Gasteiger partial charge is 0.304 e. The van der Waals surface area contributed by atoms with Crippen molar-refractivity contribution >= 4 is 5.65 Å². The molecule has 0 aliphatic carbocycles. The molecule has 2 aromatic heterocycles. The predicted molar refractivity (Wildman–Crippen MR) is 71.2 cm³/mol. The fourth-order valence-corrected chi connectivity index (χ4v) is 2.13. The van der Waals surface area contributed by atoms with Crippen LogP contribution in [0.2, 0.25) is 0 Å². The van der Waals surface area contributed by atoms with Gasteiger partial charge in [0, 0.05) is 18.2 Å². The zero-order valence-electron chi connectivity index (χ0n) is 11.7. The van der Waals surface area contributed by atoms with E-state index in [0.717, 1.165) is 17.9 Å². The molecule has 0 saturated carbocycles. The van der Waals surface area contributed by atoms with Crippen molar-refractivity contribution in [3.05, 3.63) is 35.5 Å². The summed E-state index contributed by atoms with van der Waals surface area (Å²) in [5.74, 6) is -0.270. The van der Waals surface area contributed by atoms with Gasteiger partial charge in [0.2, 0.25) is 0 Å². The van der Waals surface area contributed by atoms with Crippen LogP contribution in [0.3, 0.4) is 0 Å². The van der Waals surface area contributed by atoms with Crippen LogP contribution in [0.15, 0.2) is 18.3 Å². The second-order valence-corrected chi connectivity index (χ2v) is 5.94. The van der Waals surface area contributed by atoms with Gasteiger partial charge in [0.1, 0.15) is 0 Å². The minimum absolute atomic E-state index is 0.0934. The molecule has 0 fully saturated rings. The highest BCUT2D eigenvalue weighted by Gasteiger charge is 2.24. The molecule has 0 aliphatic heterocycles. The van der Waals surface area contributed by atoms with E-state index in [4.69, 9.17) is 0 Å². The van der Waals surface area contributed by atoms with Crippen LogP contribution in [0.5, 0.6) is 0 Å². The van der Waals surface area contributed by atoms with E-state index >= 15 is 0 Å². The zero-order valence-corrected chi connectivity index (χ0v) is 11.7. The van der Waals surface area contributed by atoms with Gasteiger partial charge in [0.15, 0.2) is 11.5 Å². The molecule has 0 aromatic carbocycles. The summed E-state index contributed by atoms with van der Waals surface area (Å²) in [7, 11) is 4.01. The maximum absolute atomic E-state index is 13.8. The first kappa shape index (κ1) is 13.0. The third-order valence-electron chi connectivity index (χ3n) is 2.88. The lowest BCUT2D eigenvalue weighted by Gasteiger charge is -2.19. The van der Waals surface area contributed by atoms with Gasteiger partial charge in [-0.2, -0.15) is 0 Å². The number of hydrogen-bond donors (Lipinski definition) is 0. The van der Waals surface area contributed by atoms with E-state index in [2.05, 4.69) is 30.7 Å². The first-order valence-corrected chi connectivity index (χ1v) is 6.11. The highest BCUT2D eigenvalue weighted by atomic mass is 19.1. The maximum atomic E-state index is 13.8. The summed E-state index contributed by atoms with van der Waals surface area (Å²) in [5.41, 5.74) is 2.34. The standard InChI is InChI=1S/C14H20FN3/c1-14(2,3)12-11(9-17(4)5)18-8-6-7-10(15)13(18)16-12/h6-8H,9H2,1-5H3. The number of nitrogens with zero attached hydrogens (tertiary/aromatic N) is 3. The Bertz CT molecular complexity index is 564. The van der Waals surface area contributed by atoms with Crippen LogP contribution in [0.1, 0.15) is 32.2 Å². The maximum Gasteiger partial charge on any atom is 0.173 e. The van der Waals surface area contributed by atoms with Crippen molar-refractivity contribution in [1.82, 2.24) is 14.3 Å². The molecule has 2 rings (SSSR count). The van der Waals surface area contributed by atoms with Gasteiger partial charge < -0.3 is 9.30 Å². The van der Waals surface area contributed by atoms with Crippen LogP contribution in [-0.4, -0.2) is 28.4 Å². The van der Waals surface area contributed by atoms with Crippen molar-refractivity contribution in [3.8, 4) is 0 Å². The van der Waals surface area contributed by atoms with Crippen molar-refractivity contribution in [2.75, 3.05) is 14.1 Å². The molecular weight excluding hydrogens is 229 g/mol. The molecule has 2 heterocycles. The average molecular weight is 249 g/mol. The molecule has 2 aromatic rings. The lowest BCUT2D eigenvalue weighted by molar-refractivity contribution is 0.388. The van der Waals surface area contributed by atoms with Gasteiger partial charge in [0.25, 0.3) is 0 Å². The smallest absolute Gasteiger partial charge is 0.173 e. The Morgan fingerprint density at radius 3 is 2.56 bits per heavy atom. The second-order valence-electron chi connectivity index (χ2n) is 5.94. The average Bonchev–Trinajstić information content (AvgIpc) is 2.57. The third-order valence-corrected chi connectivity index (χ3v) is 2.88. The van der Waals surface area contributed by atoms with Crippen molar-refractivity contribution in [2.45, 2.75) is 32.7 Å². The Labute approximate surface area is 107 Å². The SMILES string of the molecule is CN(C)Cc1c(C(C)(C)C)nc2c(F)cccn12. The van der Waals surface area contributed by atoms with Crippen molar-refractivity contribution in [1.29, 1.82) is 0 Å². The van der Waals surface area contributed by atoms with Crippen molar-refractivity contribution < 1.29 is 4.39 Å². The molecule has 0 spiro atoms. The van der Waals surface area contributed by atoms with E-state index in [1.54, 1.807) is 6.07 Å². The Hall–Kier alpha value is -1.42. The number of pyridine rings is 1. The van der Waals surface area contributed by atoms with E-state index < -0.39 is 0 Å². The topological polar surface area (TPSA) is 20.5 Å². The number of rotatable bonds is 2. The van der Waals surface area contributed by atoms with Gasteiger partial charge in [-0.1, -0.05) is 20.8 Å². The first-order chi connectivity index (χ1) is 8.30. The van der Waals surface area contributed by atoms with E-state index in [1.807, 2.05) is 24.7 Å². The summed E-state index contributed by atoms with van der Waals surface area (Å²) >= 11 is 0. The van der Waals surface area contributed by atoms with Crippen LogP contribution in [0.4, 0.5) is 4.39 Å². The molecule has 0 aliphatic rings. The Kier molecular flexibility index (Phi) is 3.15. The molecule has 0 unspecified atom stereocenters. The van der Waals surface area contributed by atoms with E-state index in [-0.39, 0.29) is 11.2 Å². The summed E-state index contributed by atoms with van der Waals surface area (Å²) in [5, 5.41) is 0. The van der Waals surface area contributed by atoms with Crippen molar-refractivity contribution in [2.24, 2.45) is 0 Å². The van der Waals surface area contributed by atoms with E-state index in [1.165, 1.54) is 6.07 Å². The van der Waals surface area contributed by atoms with Gasteiger partial charge in [-0.3, -0.25) is 0 Å². The highest BCUT2D eigenvalue weighted by Crippen LogP contribution is 2.27. The molecule has 18 heavy (non-hydrogen) atoms. The van der Waals surface area contributed by atoms with Gasteiger partial charge in [-0.25, -0.2) is 9.37 Å². The Morgan fingerprint density at radius 2 is 2.00 bits per heavy atom. The fraction of sp³-hybridized carbons (Fsp3) is 0.500. The third kappa shape index (κ3) is 2.25. The quantitative estimate of drug-likeness (QED) is 0.816. The minimum atomic E-state index is -0.270. The van der Waals surface area contributed by atoms with Crippen LogP contribution in [0.25, 0.3) is 5.65 Å². The lowest BCUT2D eigenvalue weighted by atomic mass is 9.90. The first-order valence-electron chi connectivity index (χ1n) is 6.11. The van der Waals surface area contributed by atoms with E-state index in [9.17, 15) is 4.39 Å². The monoisotopic (exact) mass is 249 g/mol. The summed E-state index contributed by atoms with van der Waals surface area (Å²) in [6.07, 6.45) is 1.87. The second kappa shape index (κ2) is 4.35. The van der Waals surface area contributed by atoms with Crippen LogP contribution in [0, 0.1) is 5.82 Å². The summed E-state index contributed by atoms with van der Waals surface area (Å²) < 4.78 is 15.7. The molecule has 0 saturated heterocycles. The number of aromatic nitrogens is 2. The Morgan fingerprint density at radius 1 is 1.33 bits per heavy atom. The number of fused-ring (bicyclic) bond motifs is 1. The van der Waals surface area contributed by atoms with Gasteiger partial charge in [-0.05, 0) is 26.2 Å². The summed E-state index contributed by atoms with van der Waals surface area (Å²) in [4.78, 5) is 6.57. The molecule has 3 nitrogen and oxygen atoms in total. The zero-order chi connectivity index (χ0) is 13.5. The molecule has 0 N–H and O–H groups in total. The molecular formula is C14H20FN3. The number of hydrogen-bond acceptors (Lipinski definition) is 2. The molecule has 0 radical (unpaired) electrons. The number of halogens is 1. The normalized spacial score (nSPS) is 12.6. The minimum Gasteiger partial charge on any atom is -0.304 e. The van der Waals surface area contributed by atoms with Gasteiger partial charge in [0.05, 0.1) is 11.4 Å². The van der Waals surface area contributed by atoms with Crippen LogP contribution < -0.4 is 0 Å². The molecule has 0 amide bonds. The molecule has 98 valence electrons. The summed E-state index contributed by atoms with van der Waals surface area (Å²) in [6, 6.07) is 3.17. The predicted octanol–water partition coefficient (Wildman–Crippen LogP) is 2.83. The van der Waals surface area contributed by atoms with Gasteiger partial charge >= 0.3 is 0 Å². The van der Waals surface area contributed by atoms with Gasteiger partial charge in [-0.15, -0.1) is 0 Å². The highest BCUT2D eigenvalue weighted by molar-refractivity contribution is 5.46. The molecule has 4 heteroatoms. The number of imidazole rings is 1. The fourth-order valence-electron chi connectivity index (χ4n) is 2.13. The van der Waals surface area contributed by atoms with E-state index in [0.29, 0.717) is 5.65 Å².